The first-order valence-electron chi connectivity index (χ1n) is 26.2. The van der Waals surface area contributed by atoms with E-state index in [1.54, 1.807) is 66.8 Å². The zero-order chi connectivity index (χ0) is 58.2. The highest BCUT2D eigenvalue weighted by molar-refractivity contribution is 8.01. The molecule has 5 aromatic carbocycles. The van der Waals surface area contributed by atoms with Gasteiger partial charge in [0.05, 0.1) is 34.8 Å². The predicted octanol–water partition coefficient (Wildman–Crippen LogP) is 9.77. The summed E-state index contributed by atoms with van der Waals surface area (Å²) in [7, 11) is 3.21. The van der Waals surface area contributed by atoms with Gasteiger partial charge in [-0.2, -0.15) is 9.36 Å². The smallest absolute Gasteiger partial charge is 0.276 e. The Morgan fingerprint density at radius 1 is 0.867 bits per heavy atom. The molecule has 22 heteroatoms. The molecule has 0 spiro atoms. The van der Waals surface area contributed by atoms with Gasteiger partial charge in [-0.25, -0.2) is 4.98 Å². The first kappa shape index (κ1) is 57.8. The molecule has 1 fully saturated rings. The molecular weight excluding hydrogens is 1130 g/mol. The van der Waals surface area contributed by atoms with Crippen molar-refractivity contribution in [1.82, 2.24) is 35.4 Å². The second-order valence-corrected chi connectivity index (χ2v) is 23.4. The van der Waals surface area contributed by atoms with Crippen LogP contribution in [0.1, 0.15) is 76.0 Å². The molecule has 2 amide bonds. The van der Waals surface area contributed by atoms with Gasteiger partial charge in [0.1, 0.15) is 47.9 Å². The maximum absolute atomic E-state index is 14.6. The summed E-state index contributed by atoms with van der Waals surface area (Å²) in [5, 5.41) is 23.2. The van der Waals surface area contributed by atoms with Crippen molar-refractivity contribution in [3.63, 3.8) is 0 Å². The van der Waals surface area contributed by atoms with Gasteiger partial charge >= 0.3 is 0 Å². The fourth-order valence-corrected chi connectivity index (χ4v) is 12.3. The summed E-state index contributed by atoms with van der Waals surface area (Å²) in [6.07, 6.45) is 3.69. The van der Waals surface area contributed by atoms with Crippen LogP contribution in [-0.4, -0.2) is 102 Å². The number of ketones is 2. The Kier molecular flexibility index (Phi) is 18.0. The minimum Gasteiger partial charge on any atom is -0.497 e. The fraction of sp³-hybridized carbons (Fsp3) is 0.246. The van der Waals surface area contributed by atoms with Gasteiger partial charge < -0.3 is 29.1 Å². The molecule has 3 aromatic heterocycles. The molecule has 2 aliphatic rings. The van der Waals surface area contributed by atoms with Gasteiger partial charge in [0.25, 0.3) is 11.8 Å². The second kappa shape index (κ2) is 25.8. The Morgan fingerprint density at radius 2 is 1.52 bits per heavy atom. The van der Waals surface area contributed by atoms with E-state index in [4.69, 9.17) is 40.5 Å². The number of tetrazole rings is 1. The van der Waals surface area contributed by atoms with E-state index in [-0.39, 0.29) is 64.9 Å². The lowest BCUT2D eigenvalue weighted by atomic mass is 9.99. The van der Waals surface area contributed by atoms with E-state index in [1.807, 2.05) is 134 Å². The zero-order valence-corrected chi connectivity index (χ0v) is 49.3. The van der Waals surface area contributed by atoms with Crippen molar-refractivity contribution in [2.24, 2.45) is 5.16 Å². The number of β-lactam (4-membered cyclic amide) rings is 1. The van der Waals surface area contributed by atoms with E-state index >= 15 is 0 Å². The molecule has 2 atom stereocenters. The topological polar surface area (TPSA) is 202 Å². The molecule has 5 heterocycles. The van der Waals surface area contributed by atoms with Crippen LogP contribution in [0.15, 0.2) is 167 Å². The molecule has 0 saturated carbocycles. The van der Waals surface area contributed by atoms with Gasteiger partial charge in [0.15, 0.2) is 41.0 Å². The van der Waals surface area contributed by atoms with E-state index in [2.05, 4.69) is 25.8 Å². The van der Waals surface area contributed by atoms with Crippen LogP contribution in [-0.2, 0) is 39.0 Å². The zero-order valence-electron chi connectivity index (χ0n) is 46.1. The number of carbonyl (C=O) groups is 4. The molecule has 10 rings (SSSR count). The number of carbonyl (C=O) groups excluding carboxylic acids is 4. The SMILES string of the molecule is COc1ccc(COc2ccc(C(=O)C[n+]3cccc(SCC4=C(c5nnn(C(c6ccccc6)c6ccccc6)n5)N5C(=O)[C@@H](NC(=O)/C(=N\OC(C)(C)C(C)=O)c6csc(C)n6)[C@H]5SC4)c3)c(Cl)c2OCc2ccc(OC)cc2)cc1. The number of benzene rings is 5. The van der Waals surface area contributed by atoms with E-state index in [0.717, 1.165) is 38.5 Å². The number of hydrogen-bond donors (Lipinski definition) is 1. The lowest BCUT2D eigenvalue weighted by Crippen LogP contribution is -2.70. The summed E-state index contributed by atoms with van der Waals surface area (Å²) in [6, 6.07) is 40.4. The van der Waals surface area contributed by atoms with Crippen molar-refractivity contribution in [3.8, 4) is 23.0 Å². The normalized spacial score (nSPS) is 15.1. The van der Waals surface area contributed by atoms with Crippen LogP contribution < -0.4 is 28.8 Å². The third kappa shape index (κ3) is 13.3. The summed E-state index contributed by atoms with van der Waals surface area (Å²) in [5.74, 6) is 1.45. The molecule has 1 N–H and O–H groups in total. The van der Waals surface area contributed by atoms with E-state index < -0.39 is 34.9 Å². The average Bonchev–Trinajstić information content (AvgIpc) is 3.01. The molecule has 0 bridgehead atoms. The van der Waals surface area contributed by atoms with Crippen LogP contribution in [0.5, 0.6) is 23.0 Å². The monoisotopic (exact) mass is 1190 g/mol. The minimum atomic E-state index is -1.33. The number of nitrogens with one attached hydrogen (secondary N) is 1. The summed E-state index contributed by atoms with van der Waals surface area (Å²) >= 11 is 11.4. The number of fused-ring (bicyclic) bond motifs is 1. The van der Waals surface area contributed by atoms with E-state index in [9.17, 15) is 19.2 Å². The van der Waals surface area contributed by atoms with E-state index in [0.29, 0.717) is 33.7 Å². The van der Waals surface area contributed by atoms with Crippen molar-refractivity contribution in [2.45, 2.75) is 75.4 Å². The molecule has 1 saturated heterocycles. The summed E-state index contributed by atoms with van der Waals surface area (Å²) in [5.41, 5.74) is 3.93. The minimum absolute atomic E-state index is 0.0505. The highest BCUT2D eigenvalue weighted by Gasteiger charge is 2.54. The molecule has 18 nitrogen and oxygen atoms in total. The maximum atomic E-state index is 14.6. The lowest BCUT2D eigenvalue weighted by molar-refractivity contribution is -0.685. The average molecular weight is 1190 g/mol. The van der Waals surface area contributed by atoms with Crippen LogP contribution in [0.25, 0.3) is 5.70 Å². The molecule has 0 aliphatic carbocycles. The third-order valence-corrected chi connectivity index (χ3v) is 17.3. The van der Waals surface area contributed by atoms with Crippen LogP contribution in [0.2, 0.25) is 5.02 Å². The summed E-state index contributed by atoms with van der Waals surface area (Å²) < 4.78 is 25.0. The Bertz CT molecular complexity index is 3690. The Labute approximate surface area is 496 Å². The number of aromatic nitrogens is 6. The van der Waals surface area contributed by atoms with E-state index in [1.165, 1.54) is 41.8 Å². The molecule has 83 heavy (non-hydrogen) atoms. The highest BCUT2D eigenvalue weighted by Crippen LogP contribution is 2.45. The van der Waals surface area contributed by atoms with Crippen molar-refractivity contribution in [1.29, 1.82) is 0 Å². The standard InChI is InChI=1S/C61H56ClN9O9S3/c1-37(72)61(3,4)80-67-52(48-36-81-38(2)63-48)58(74)64-53-59(75)70-55(57-65-68-71(66-57)54(41-14-9-7-10-15-41)42-16-11-8-12-17-42)43(35-83-60(53)70)34-82-46-18-13-29-69(30-46)31-49(73)47-27-28-50(78-32-39-19-23-44(76-5)24-20-39)56(51(47)62)79-33-40-21-25-45(77-6)26-22-40/h7-30,36,53-54,60H,31-35H2,1-6H3/p+1/b67-52-/t53-,60-/m1/s1. The maximum Gasteiger partial charge on any atom is 0.276 e. The van der Waals surface area contributed by atoms with Crippen molar-refractivity contribution < 1.29 is 47.5 Å². The quantitative estimate of drug-likeness (QED) is 0.0149. The number of oxime groups is 1. The predicted molar refractivity (Wildman–Crippen MR) is 317 cm³/mol. The first-order chi connectivity index (χ1) is 40.2. The number of rotatable bonds is 24. The van der Waals surface area contributed by atoms with Crippen molar-refractivity contribution in [2.75, 3.05) is 25.7 Å². The van der Waals surface area contributed by atoms with Crippen LogP contribution in [0, 0.1) is 6.92 Å². The molecule has 424 valence electrons. The third-order valence-electron chi connectivity index (χ3n) is 13.8. The number of ether oxygens (including phenoxy) is 4. The number of Topliss-reactive ketones (excluding diaryl/α,β-unsaturated/α-hetero) is 2. The molecule has 8 aromatic rings. The molecule has 2 aliphatic heterocycles. The molecule has 0 radical (unpaired) electrons. The largest absolute Gasteiger partial charge is 0.497 e. The number of hydrogen-bond acceptors (Lipinski definition) is 17. The summed E-state index contributed by atoms with van der Waals surface area (Å²) in [6.45, 7) is 6.58. The van der Waals surface area contributed by atoms with Crippen LogP contribution in [0.3, 0.4) is 0 Å². The second-order valence-electron chi connectivity index (χ2n) is 19.8. The number of halogens is 1. The number of methoxy groups -OCH3 is 2. The highest BCUT2D eigenvalue weighted by atomic mass is 35.5. The number of amides is 2. The summed E-state index contributed by atoms with van der Waals surface area (Å²) in [4.78, 5) is 69.5. The Hall–Kier alpha value is -8.37. The van der Waals surface area contributed by atoms with Crippen LogP contribution >= 0.6 is 46.5 Å². The van der Waals surface area contributed by atoms with Gasteiger partial charge in [0.2, 0.25) is 18.2 Å². The van der Waals surface area contributed by atoms with Gasteiger partial charge in [0, 0.05) is 28.5 Å². The Morgan fingerprint density at radius 3 is 2.13 bits per heavy atom. The number of thioether (sulfide) groups is 2. The molecule has 0 unspecified atom stereocenters. The van der Waals surface area contributed by atoms with Crippen molar-refractivity contribution >= 4 is 81.3 Å². The number of aryl methyl sites for hydroxylation is 1. The number of nitrogens with zero attached hydrogens (tertiary/aromatic N) is 8. The fourth-order valence-electron chi connectivity index (χ4n) is 8.94. The van der Waals surface area contributed by atoms with Crippen LogP contribution in [0.4, 0.5) is 0 Å². The Balaban J connectivity index is 0.910. The van der Waals surface area contributed by atoms with Gasteiger partial charge in [-0.3, -0.25) is 24.1 Å². The van der Waals surface area contributed by atoms with Gasteiger partial charge in [-0.15, -0.1) is 45.1 Å². The first-order valence-corrected chi connectivity index (χ1v) is 29.5. The van der Waals surface area contributed by atoms with Crippen molar-refractivity contribution in [3.05, 3.63) is 206 Å². The lowest BCUT2D eigenvalue weighted by Gasteiger charge is -2.49. The van der Waals surface area contributed by atoms with Gasteiger partial charge in [-0.1, -0.05) is 102 Å². The molecular formula is C61H57ClN9O9S3+. The number of pyridine rings is 1. The van der Waals surface area contributed by atoms with Gasteiger partial charge in [-0.05, 0) is 103 Å². The number of thiazole rings is 1.